The fourth-order valence-corrected chi connectivity index (χ4v) is 4.39. The van der Waals surface area contributed by atoms with E-state index in [-0.39, 0.29) is 31.9 Å². The third-order valence-electron chi connectivity index (χ3n) is 6.76. The Hall–Kier alpha value is -3.55. The maximum absolute atomic E-state index is 11.7. The van der Waals surface area contributed by atoms with Gasteiger partial charge in [-0.3, -0.25) is 9.98 Å². The van der Waals surface area contributed by atoms with Gasteiger partial charge in [0, 0.05) is 12.4 Å². The molecule has 2 aromatic carbocycles. The molecule has 39 heavy (non-hydrogen) atoms. The van der Waals surface area contributed by atoms with Gasteiger partial charge in [0.15, 0.2) is 0 Å². The average molecular weight is 707 g/mol. The molecule has 0 aliphatic carbocycles. The largest absolute Gasteiger partial charge is 3.00 e. The second-order valence-electron chi connectivity index (χ2n) is 9.94. The van der Waals surface area contributed by atoms with Crippen LogP contribution < -0.4 is 20.8 Å². The first kappa shape index (κ1) is 31.7. The van der Waals surface area contributed by atoms with Gasteiger partial charge in [0.05, 0.1) is 34.8 Å². The van der Waals surface area contributed by atoms with Gasteiger partial charge in [0.2, 0.25) is 0 Å². The van der Waals surface area contributed by atoms with Crippen molar-refractivity contribution in [2.75, 3.05) is 0 Å². The number of hydrogen-bond donors (Lipinski definition) is 2. The fourth-order valence-electron chi connectivity index (χ4n) is 4.39. The van der Waals surface area contributed by atoms with E-state index in [4.69, 9.17) is 0 Å². The molecule has 0 saturated heterocycles. The van der Waals surface area contributed by atoms with E-state index in [0.717, 1.165) is 11.4 Å². The minimum Gasteiger partial charge on any atom is -0.547 e. The number of carboxylic acids is 2. The van der Waals surface area contributed by atoms with Crippen molar-refractivity contribution in [3.63, 3.8) is 0 Å². The van der Waals surface area contributed by atoms with E-state index in [2.05, 4.69) is 20.6 Å². The number of nitrogens with zero attached hydrogens (tertiary/aromatic N) is 2. The van der Waals surface area contributed by atoms with Gasteiger partial charge in [-0.1, -0.05) is 88.4 Å². The van der Waals surface area contributed by atoms with Crippen LogP contribution in [0.4, 0.5) is 0 Å². The normalized spacial score (nSPS) is 21.9. The van der Waals surface area contributed by atoms with Crippen molar-refractivity contribution in [2.24, 2.45) is 21.8 Å². The smallest absolute Gasteiger partial charge is 0.547 e. The number of carbonyl (C=O) groups is 2. The molecule has 0 aromatic heterocycles. The number of rotatable bonds is 6. The molecule has 0 amide bonds. The molecule has 0 radical (unpaired) electrons. The van der Waals surface area contributed by atoms with Crippen molar-refractivity contribution in [1.29, 1.82) is 0 Å². The van der Waals surface area contributed by atoms with E-state index in [1.54, 1.807) is 74.8 Å². The van der Waals surface area contributed by atoms with E-state index in [1.165, 1.54) is 0 Å². The van der Waals surface area contributed by atoms with E-state index in [0.29, 0.717) is 22.6 Å². The van der Waals surface area contributed by atoms with Gasteiger partial charge in [-0.05, 0) is 36.8 Å². The zero-order valence-corrected chi connectivity index (χ0v) is 25.3. The molecule has 0 fully saturated rings. The number of aliphatic carboxylic acids is 2. The van der Waals surface area contributed by atoms with Crippen LogP contribution in [0, 0.1) is 11.8 Å². The van der Waals surface area contributed by atoms with Crippen molar-refractivity contribution in [2.45, 2.75) is 52.6 Å². The van der Waals surface area contributed by atoms with Crippen LogP contribution in [0.5, 0.6) is 0 Å². The zero-order valence-electron chi connectivity index (χ0n) is 22.9. The first-order valence-corrected chi connectivity index (χ1v) is 12.6. The summed E-state index contributed by atoms with van der Waals surface area (Å²) >= 11 is 0. The van der Waals surface area contributed by atoms with Crippen LogP contribution in [-0.4, -0.2) is 23.4 Å². The molecular formula is C30H34IrN4O4+. The Balaban J connectivity index is 0.000000267. The molecule has 2 N–H and O–H groups in total. The maximum Gasteiger partial charge on any atom is 3.00 e. The molecule has 2 aliphatic rings. The number of benzene rings is 2. The molecule has 8 nitrogen and oxygen atoms in total. The molecule has 206 valence electrons. The van der Waals surface area contributed by atoms with Crippen LogP contribution in [-0.2, 0) is 40.8 Å². The van der Waals surface area contributed by atoms with Crippen LogP contribution in [0.25, 0.3) is 0 Å². The summed E-state index contributed by atoms with van der Waals surface area (Å²) in [5.74, 6) is -1.92. The summed E-state index contributed by atoms with van der Waals surface area (Å²) in [7, 11) is 0. The van der Waals surface area contributed by atoms with Crippen molar-refractivity contribution in [3.05, 3.63) is 95.6 Å². The second-order valence-corrected chi connectivity index (χ2v) is 9.94. The Labute approximate surface area is 243 Å². The summed E-state index contributed by atoms with van der Waals surface area (Å²) in [6, 6.07) is 17.9. The van der Waals surface area contributed by atoms with Gasteiger partial charge in [-0.25, -0.2) is 0 Å². The number of carboxylic acid groups (broad SMARTS) is 2. The molecule has 2 aliphatic heterocycles. The predicted molar refractivity (Wildman–Crippen MR) is 145 cm³/mol. The number of hydrogen-bond acceptors (Lipinski definition) is 8. The number of carbonyl (C=O) groups excluding carboxylic acids is 2. The van der Waals surface area contributed by atoms with Crippen molar-refractivity contribution in [1.82, 2.24) is 10.6 Å². The van der Waals surface area contributed by atoms with Crippen molar-refractivity contribution < 1.29 is 39.9 Å². The monoisotopic (exact) mass is 707 g/mol. The standard InChI is InChI=1S/2C15H18N2O2.Ir/c2*1-10(2)13-9-16-15(14(18)19,11(3)17-13)12-7-5-4-6-8-12;/h2*4-10,16H,1-3H3,(H,18,19);/q;;+3/p-2. The predicted octanol–water partition coefficient (Wildman–Crippen LogP) is 2.38. The molecule has 2 aromatic rings. The fraction of sp³-hybridized carbons (Fsp3) is 0.333. The SMILES string of the molecule is CC1=NC(C(C)C)=CNC1(C(=O)[O-])c1ccccc1.CC1=NC(C(C)C)=CNC1(C(=O)[O-])c1ccccc1.[Ir+3]. The van der Waals surface area contributed by atoms with Crippen molar-refractivity contribution >= 4 is 23.4 Å². The summed E-state index contributed by atoms with van der Waals surface area (Å²) in [6.07, 6.45) is 3.33. The molecule has 0 bridgehead atoms. The summed E-state index contributed by atoms with van der Waals surface area (Å²) in [5, 5.41) is 29.3. The molecule has 0 spiro atoms. The first-order valence-electron chi connectivity index (χ1n) is 12.6. The molecule has 2 unspecified atom stereocenters. The Bertz CT molecular complexity index is 1200. The summed E-state index contributed by atoms with van der Waals surface area (Å²) in [6.45, 7) is 11.5. The van der Waals surface area contributed by atoms with E-state index in [9.17, 15) is 19.8 Å². The van der Waals surface area contributed by atoms with Gasteiger partial charge >= 0.3 is 20.1 Å². The quantitative estimate of drug-likeness (QED) is 0.475. The zero-order chi connectivity index (χ0) is 28.1. The number of allylic oxidation sites excluding steroid dienone is 2. The summed E-state index contributed by atoms with van der Waals surface area (Å²) in [4.78, 5) is 32.2. The Morgan fingerprint density at radius 1 is 0.667 bits per heavy atom. The first-order chi connectivity index (χ1) is 18.0. The molecular weight excluding hydrogens is 673 g/mol. The number of nitrogens with one attached hydrogen (secondary N) is 2. The van der Waals surface area contributed by atoms with E-state index < -0.39 is 23.0 Å². The molecule has 2 atom stereocenters. The third kappa shape index (κ3) is 6.21. The van der Waals surface area contributed by atoms with Gasteiger partial charge in [-0.2, -0.15) is 0 Å². The Kier molecular flexibility index (Phi) is 10.6. The van der Waals surface area contributed by atoms with E-state index >= 15 is 0 Å². The maximum atomic E-state index is 11.7. The summed E-state index contributed by atoms with van der Waals surface area (Å²) < 4.78 is 0. The number of aliphatic imine (C=N–C) groups is 2. The summed E-state index contributed by atoms with van der Waals surface area (Å²) in [5.41, 5.74) is 1.15. The average Bonchev–Trinajstić information content (AvgIpc) is 2.89. The van der Waals surface area contributed by atoms with Gasteiger partial charge < -0.3 is 30.4 Å². The van der Waals surface area contributed by atoms with Crippen LogP contribution in [0.1, 0.15) is 52.7 Å². The minimum absolute atomic E-state index is 0. The van der Waals surface area contributed by atoms with Crippen LogP contribution >= 0.6 is 0 Å². The van der Waals surface area contributed by atoms with E-state index in [1.807, 2.05) is 39.8 Å². The van der Waals surface area contributed by atoms with Crippen LogP contribution in [0.15, 0.2) is 94.4 Å². The molecule has 9 heteroatoms. The van der Waals surface area contributed by atoms with Gasteiger partial charge in [0.25, 0.3) is 0 Å². The van der Waals surface area contributed by atoms with Crippen molar-refractivity contribution in [3.8, 4) is 0 Å². The van der Waals surface area contributed by atoms with Gasteiger partial charge in [-0.15, -0.1) is 0 Å². The van der Waals surface area contributed by atoms with Crippen LogP contribution in [0.2, 0.25) is 0 Å². The molecule has 2 heterocycles. The Morgan fingerprint density at radius 2 is 0.974 bits per heavy atom. The topological polar surface area (TPSA) is 129 Å². The Morgan fingerprint density at radius 3 is 1.21 bits per heavy atom. The minimum atomic E-state index is -1.38. The second kappa shape index (κ2) is 13.0. The van der Waals surface area contributed by atoms with Gasteiger partial charge in [0.1, 0.15) is 11.1 Å². The third-order valence-corrected chi connectivity index (χ3v) is 6.76. The van der Waals surface area contributed by atoms with Crippen LogP contribution in [0.3, 0.4) is 0 Å². The molecule has 0 saturated carbocycles. The molecule has 4 rings (SSSR count).